The number of H-pyrrole nitrogens is 1. The third kappa shape index (κ3) is 2.85. The lowest BCUT2D eigenvalue weighted by molar-refractivity contribution is 0.102. The molecular weight excluding hydrogens is 216 g/mol. The van der Waals surface area contributed by atoms with E-state index in [4.69, 9.17) is 9.47 Å². The molecule has 17 heavy (non-hydrogen) atoms. The number of nitrogens with one attached hydrogen (secondary N) is 1. The van der Waals surface area contributed by atoms with E-state index >= 15 is 0 Å². The molecule has 0 saturated carbocycles. The molecule has 0 aliphatic carbocycles. The molecule has 0 bridgehead atoms. The minimum absolute atomic E-state index is 0.445. The Balaban J connectivity index is 1.90. The number of hydrogen-bond acceptors (Lipinski definition) is 3. The van der Waals surface area contributed by atoms with Gasteiger partial charge in [0.15, 0.2) is 5.75 Å². The molecule has 0 spiro atoms. The first kappa shape index (κ1) is 11.7. The molecular formula is C13H16N2O2. The van der Waals surface area contributed by atoms with Crippen LogP contribution in [0, 0.1) is 6.92 Å². The highest BCUT2D eigenvalue weighted by molar-refractivity contribution is 5.25. The van der Waals surface area contributed by atoms with E-state index in [9.17, 15) is 0 Å². The van der Waals surface area contributed by atoms with Gasteiger partial charge in [0, 0.05) is 0 Å². The SMILES string of the molecule is COc1c[nH]nc1COCc1ccccc1C. The number of nitrogens with zero attached hydrogens (tertiary/aromatic N) is 1. The van der Waals surface area contributed by atoms with Crippen LogP contribution >= 0.6 is 0 Å². The fourth-order valence-corrected chi connectivity index (χ4v) is 1.62. The van der Waals surface area contributed by atoms with E-state index in [1.165, 1.54) is 11.1 Å². The van der Waals surface area contributed by atoms with Gasteiger partial charge in [0.2, 0.25) is 0 Å². The summed E-state index contributed by atoms with van der Waals surface area (Å²) < 4.78 is 10.8. The summed E-state index contributed by atoms with van der Waals surface area (Å²) >= 11 is 0. The summed E-state index contributed by atoms with van der Waals surface area (Å²) in [7, 11) is 1.62. The first-order chi connectivity index (χ1) is 8.31. The molecule has 0 saturated heterocycles. The Labute approximate surface area is 101 Å². The topological polar surface area (TPSA) is 47.1 Å². The molecule has 0 aliphatic rings. The van der Waals surface area contributed by atoms with E-state index in [1.54, 1.807) is 13.3 Å². The Bertz CT molecular complexity index is 480. The van der Waals surface area contributed by atoms with Crippen molar-refractivity contribution in [3.8, 4) is 5.75 Å². The molecule has 0 amide bonds. The van der Waals surface area contributed by atoms with Gasteiger partial charge in [-0.2, -0.15) is 5.10 Å². The van der Waals surface area contributed by atoms with Crippen molar-refractivity contribution < 1.29 is 9.47 Å². The van der Waals surface area contributed by atoms with Gasteiger partial charge in [-0.25, -0.2) is 0 Å². The van der Waals surface area contributed by atoms with E-state index in [0.717, 1.165) is 11.4 Å². The number of benzene rings is 1. The van der Waals surface area contributed by atoms with E-state index in [-0.39, 0.29) is 0 Å². The van der Waals surface area contributed by atoms with E-state index < -0.39 is 0 Å². The van der Waals surface area contributed by atoms with Crippen molar-refractivity contribution in [3.05, 3.63) is 47.3 Å². The van der Waals surface area contributed by atoms with Gasteiger partial charge >= 0.3 is 0 Å². The quantitative estimate of drug-likeness (QED) is 0.861. The van der Waals surface area contributed by atoms with E-state index in [2.05, 4.69) is 29.3 Å². The van der Waals surface area contributed by atoms with Crippen LogP contribution in [0.4, 0.5) is 0 Å². The van der Waals surface area contributed by atoms with Gasteiger partial charge in [-0.3, -0.25) is 5.10 Å². The van der Waals surface area contributed by atoms with Crippen LogP contribution in [0.25, 0.3) is 0 Å². The lowest BCUT2D eigenvalue weighted by Gasteiger charge is -2.06. The van der Waals surface area contributed by atoms with Crippen LogP contribution < -0.4 is 4.74 Å². The van der Waals surface area contributed by atoms with Crippen molar-refractivity contribution in [2.24, 2.45) is 0 Å². The molecule has 4 heteroatoms. The maximum Gasteiger partial charge on any atom is 0.162 e. The van der Waals surface area contributed by atoms with Crippen LogP contribution in [0.3, 0.4) is 0 Å². The van der Waals surface area contributed by atoms with E-state index in [0.29, 0.717) is 13.2 Å². The molecule has 1 N–H and O–H groups in total. The highest BCUT2D eigenvalue weighted by Gasteiger charge is 2.06. The molecule has 1 aromatic heterocycles. The third-order valence-electron chi connectivity index (χ3n) is 2.66. The highest BCUT2D eigenvalue weighted by atomic mass is 16.5. The number of hydrogen-bond donors (Lipinski definition) is 1. The van der Waals surface area contributed by atoms with Crippen molar-refractivity contribution in [2.45, 2.75) is 20.1 Å². The average Bonchev–Trinajstić information content (AvgIpc) is 2.79. The zero-order valence-electron chi connectivity index (χ0n) is 10.1. The number of aryl methyl sites for hydroxylation is 1. The number of rotatable bonds is 5. The van der Waals surface area contributed by atoms with E-state index in [1.807, 2.05) is 12.1 Å². The van der Waals surface area contributed by atoms with Crippen molar-refractivity contribution in [3.63, 3.8) is 0 Å². The van der Waals surface area contributed by atoms with Gasteiger partial charge in [0.05, 0.1) is 26.5 Å². The molecule has 2 rings (SSSR count). The Kier molecular flexibility index (Phi) is 3.77. The molecule has 90 valence electrons. The second kappa shape index (κ2) is 5.50. The largest absolute Gasteiger partial charge is 0.493 e. The fourth-order valence-electron chi connectivity index (χ4n) is 1.62. The van der Waals surface area contributed by atoms with Crippen molar-refractivity contribution in [2.75, 3.05) is 7.11 Å². The maximum atomic E-state index is 5.62. The van der Waals surface area contributed by atoms with Gasteiger partial charge in [-0.05, 0) is 18.1 Å². The lowest BCUT2D eigenvalue weighted by atomic mass is 10.1. The number of methoxy groups -OCH3 is 1. The molecule has 0 unspecified atom stereocenters. The summed E-state index contributed by atoms with van der Waals surface area (Å²) in [6, 6.07) is 8.18. The Hall–Kier alpha value is -1.81. The number of aromatic nitrogens is 2. The molecule has 0 radical (unpaired) electrons. The predicted octanol–water partition coefficient (Wildman–Crippen LogP) is 2.44. The smallest absolute Gasteiger partial charge is 0.162 e. The number of ether oxygens (including phenoxy) is 2. The Morgan fingerprint density at radius 1 is 1.24 bits per heavy atom. The van der Waals surface area contributed by atoms with Crippen LogP contribution in [0.2, 0.25) is 0 Å². The second-order valence-corrected chi connectivity index (χ2v) is 3.82. The molecule has 4 nitrogen and oxygen atoms in total. The molecule has 1 aromatic carbocycles. The highest BCUT2D eigenvalue weighted by Crippen LogP contribution is 2.16. The molecule has 0 aliphatic heterocycles. The van der Waals surface area contributed by atoms with Gasteiger partial charge in [-0.15, -0.1) is 0 Å². The molecule has 2 aromatic rings. The van der Waals surface area contributed by atoms with Crippen LogP contribution in [-0.4, -0.2) is 17.3 Å². The standard InChI is InChI=1S/C13H16N2O2/c1-10-5-3-4-6-11(10)8-17-9-12-13(16-2)7-14-15-12/h3-7H,8-9H2,1-2H3,(H,14,15). The summed E-state index contributed by atoms with van der Waals surface area (Å²) in [5.41, 5.74) is 3.23. The minimum atomic E-state index is 0.445. The van der Waals surface area contributed by atoms with Crippen molar-refractivity contribution in [1.82, 2.24) is 10.2 Å². The summed E-state index contributed by atoms with van der Waals surface area (Å²) in [5, 5.41) is 6.82. The molecule has 1 heterocycles. The summed E-state index contributed by atoms with van der Waals surface area (Å²) in [6.07, 6.45) is 1.71. The van der Waals surface area contributed by atoms with Gasteiger partial charge < -0.3 is 9.47 Å². The normalized spacial score (nSPS) is 10.5. The monoisotopic (exact) mass is 232 g/mol. The predicted molar refractivity (Wildman–Crippen MR) is 64.8 cm³/mol. The second-order valence-electron chi connectivity index (χ2n) is 3.82. The van der Waals surface area contributed by atoms with Crippen molar-refractivity contribution in [1.29, 1.82) is 0 Å². The van der Waals surface area contributed by atoms with Gasteiger partial charge in [0.25, 0.3) is 0 Å². The maximum absolute atomic E-state index is 5.62. The molecule has 0 fully saturated rings. The van der Waals surface area contributed by atoms with Crippen LogP contribution in [-0.2, 0) is 18.0 Å². The van der Waals surface area contributed by atoms with Crippen molar-refractivity contribution >= 4 is 0 Å². The first-order valence-electron chi connectivity index (χ1n) is 5.50. The summed E-state index contributed by atoms with van der Waals surface area (Å²) in [6.45, 7) is 3.11. The zero-order valence-corrected chi connectivity index (χ0v) is 10.1. The van der Waals surface area contributed by atoms with Crippen LogP contribution in [0.5, 0.6) is 5.75 Å². The molecule has 0 atom stereocenters. The van der Waals surface area contributed by atoms with Gasteiger partial charge in [0.1, 0.15) is 5.69 Å². The average molecular weight is 232 g/mol. The van der Waals surface area contributed by atoms with Crippen LogP contribution in [0.15, 0.2) is 30.5 Å². The summed E-state index contributed by atoms with van der Waals surface area (Å²) in [4.78, 5) is 0. The fraction of sp³-hybridized carbons (Fsp3) is 0.308. The lowest BCUT2D eigenvalue weighted by Crippen LogP contribution is -1.98. The number of aromatic amines is 1. The Morgan fingerprint density at radius 2 is 2.06 bits per heavy atom. The third-order valence-corrected chi connectivity index (χ3v) is 2.66. The van der Waals surface area contributed by atoms with Gasteiger partial charge in [-0.1, -0.05) is 24.3 Å². The Morgan fingerprint density at radius 3 is 2.82 bits per heavy atom. The first-order valence-corrected chi connectivity index (χ1v) is 5.50. The minimum Gasteiger partial charge on any atom is -0.493 e. The summed E-state index contributed by atoms with van der Waals surface area (Å²) in [5.74, 6) is 0.731. The zero-order chi connectivity index (χ0) is 12.1. The van der Waals surface area contributed by atoms with Crippen LogP contribution in [0.1, 0.15) is 16.8 Å².